The van der Waals surface area contributed by atoms with Gasteiger partial charge in [-0.2, -0.15) is 5.10 Å². The number of nitrogens with one attached hydrogen (secondary N) is 2. The van der Waals surface area contributed by atoms with E-state index in [1.54, 1.807) is 25.1 Å². The maximum absolute atomic E-state index is 14.7. The van der Waals surface area contributed by atoms with E-state index >= 15 is 0 Å². The van der Waals surface area contributed by atoms with Crippen LogP contribution in [0.3, 0.4) is 0 Å². The molecule has 0 aromatic heterocycles. The van der Waals surface area contributed by atoms with Crippen molar-refractivity contribution in [2.75, 3.05) is 42.9 Å². The molecule has 0 unspecified atom stereocenters. The number of nitrogens with zero attached hydrogens (tertiary/aromatic N) is 3. The van der Waals surface area contributed by atoms with Gasteiger partial charge in [0, 0.05) is 37.4 Å². The molecule has 5 nitrogen and oxygen atoms in total. The summed E-state index contributed by atoms with van der Waals surface area (Å²) in [5.74, 6) is -0.574. The van der Waals surface area contributed by atoms with E-state index in [0.29, 0.717) is 22.6 Å². The summed E-state index contributed by atoms with van der Waals surface area (Å²) in [4.78, 5) is 4.44. The van der Waals surface area contributed by atoms with E-state index in [2.05, 4.69) is 32.6 Å². The molecule has 2 aromatic carbocycles. The number of likely N-dealkylation sites (N-methyl/N-ethyl adjacent to an activating group) is 1. The predicted molar refractivity (Wildman–Crippen MR) is 119 cm³/mol. The summed E-state index contributed by atoms with van der Waals surface area (Å²) in [6, 6.07) is 11.0. The van der Waals surface area contributed by atoms with E-state index in [4.69, 9.17) is 12.2 Å². The smallest absolute Gasteiger partial charge is 0.191 e. The molecule has 0 atom stereocenters. The van der Waals surface area contributed by atoms with E-state index < -0.39 is 0 Å². The van der Waals surface area contributed by atoms with Crippen molar-refractivity contribution in [3.63, 3.8) is 0 Å². The van der Waals surface area contributed by atoms with Crippen molar-refractivity contribution in [2.24, 2.45) is 5.10 Å². The van der Waals surface area contributed by atoms with Gasteiger partial charge in [0.1, 0.15) is 11.6 Å². The summed E-state index contributed by atoms with van der Waals surface area (Å²) in [5, 5.41) is 7.39. The zero-order valence-electron chi connectivity index (χ0n) is 16.6. The van der Waals surface area contributed by atoms with E-state index in [1.807, 2.05) is 6.07 Å². The molecule has 1 saturated heterocycles. The molecule has 0 bridgehead atoms. The Morgan fingerprint density at radius 1 is 1.07 bits per heavy atom. The fourth-order valence-corrected chi connectivity index (χ4v) is 3.35. The lowest BCUT2D eigenvalue weighted by Crippen LogP contribution is -2.46. The number of thiocarbonyl (C=S) groups is 1. The van der Waals surface area contributed by atoms with Gasteiger partial charge in [-0.25, -0.2) is 8.78 Å². The molecule has 2 N–H and O–H groups in total. The molecule has 1 fully saturated rings. The Bertz CT molecular complexity index is 877. The highest BCUT2D eigenvalue weighted by Crippen LogP contribution is 2.22. The molecule has 8 heteroatoms. The number of halogens is 2. The van der Waals surface area contributed by atoms with Crippen molar-refractivity contribution < 1.29 is 8.78 Å². The van der Waals surface area contributed by atoms with Crippen LogP contribution in [0.5, 0.6) is 0 Å². The Morgan fingerprint density at radius 2 is 1.76 bits per heavy atom. The van der Waals surface area contributed by atoms with Crippen LogP contribution in [0.2, 0.25) is 0 Å². The molecule has 1 aliphatic rings. The maximum Gasteiger partial charge on any atom is 0.191 e. The first-order valence-corrected chi connectivity index (χ1v) is 10.0. The van der Waals surface area contributed by atoms with E-state index in [1.165, 1.54) is 18.2 Å². The van der Waals surface area contributed by atoms with Gasteiger partial charge in [-0.3, -0.25) is 5.43 Å². The zero-order valence-corrected chi connectivity index (χ0v) is 17.4. The van der Waals surface area contributed by atoms with Gasteiger partial charge in [0.05, 0.1) is 11.4 Å². The zero-order chi connectivity index (χ0) is 20.8. The normalized spacial score (nSPS) is 15.3. The van der Waals surface area contributed by atoms with Crippen LogP contribution in [-0.4, -0.2) is 48.4 Å². The Balaban J connectivity index is 1.60. The van der Waals surface area contributed by atoms with E-state index in [0.717, 1.165) is 32.7 Å². The molecular formula is C21H25F2N5S. The minimum atomic E-state index is -0.319. The average molecular weight is 418 g/mol. The summed E-state index contributed by atoms with van der Waals surface area (Å²) < 4.78 is 27.6. The quantitative estimate of drug-likeness (QED) is 0.440. The molecule has 154 valence electrons. The average Bonchev–Trinajstić information content (AvgIpc) is 2.73. The molecule has 2 aromatic rings. The summed E-state index contributed by atoms with van der Waals surface area (Å²) in [6.45, 7) is 8.48. The second-order valence-corrected chi connectivity index (χ2v) is 7.27. The number of anilines is 2. The third kappa shape index (κ3) is 5.71. The predicted octanol–water partition coefficient (Wildman–Crippen LogP) is 3.82. The van der Waals surface area contributed by atoms with Gasteiger partial charge in [-0.05, 0) is 62.1 Å². The van der Waals surface area contributed by atoms with Gasteiger partial charge in [-0.1, -0.05) is 13.0 Å². The molecule has 0 aliphatic carbocycles. The van der Waals surface area contributed by atoms with Gasteiger partial charge < -0.3 is 15.1 Å². The Hall–Kier alpha value is -2.58. The highest BCUT2D eigenvalue weighted by Gasteiger charge is 2.18. The third-order valence-corrected chi connectivity index (χ3v) is 5.15. The fourth-order valence-electron chi connectivity index (χ4n) is 3.18. The minimum absolute atomic E-state index is 0.256. The first kappa shape index (κ1) is 21.1. The molecule has 0 saturated carbocycles. The number of rotatable bonds is 5. The van der Waals surface area contributed by atoms with Crippen molar-refractivity contribution >= 4 is 34.4 Å². The number of benzene rings is 2. The largest absolute Gasteiger partial charge is 0.367 e. The van der Waals surface area contributed by atoms with E-state index in [9.17, 15) is 8.78 Å². The highest BCUT2D eigenvalue weighted by atomic mass is 32.1. The van der Waals surface area contributed by atoms with Gasteiger partial charge in [0.2, 0.25) is 0 Å². The second-order valence-electron chi connectivity index (χ2n) is 6.86. The van der Waals surface area contributed by atoms with Crippen molar-refractivity contribution in [1.29, 1.82) is 0 Å². The Morgan fingerprint density at radius 3 is 2.38 bits per heavy atom. The SMILES string of the molecule is CCN1CCN(c2ccc(/C(C)=N\NC(=S)Nc3ccc(F)cc3)cc2F)CC1. The van der Waals surface area contributed by atoms with Crippen LogP contribution in [0.1, 0.15) is 19.4 Å². The fraction of sp³-hybridized carbons (Fsp3) is 0.333. The summed E-state index contributed by atoms with van der Waals surface area (Å²) in [5.41, 5.74) is 5.28. The second kappa shape index (κ2) is 9.76. The summed E-state index contributed by atoms with van der Waals surface area (Å²) in [6.07, 6.45) is 0. The Labute approximate surface area is 175 Å². The molecule has 1 aliphatic heterocycles. The maximum atomic E-state index is 14.7. The van der Waals surface area contributed by atoms with Gasteiger partial charge >= 0.3 is 0 Å². The number of hydrogen-bond donors (Lipinski definition) is 2. The third-order valence-electron chi connectivity index (χ3n) is 4.95. The van der Waals surface area contributed by atoms with Crippen molar-refractivity contribution in [3.05, 3.63) is 59.7 Å². The lowest BCUT2D eigenvalue weighted by Gasteiger charge is -2.35. The first-order valence-electron chi connectivity index (χ1n) is 9.60. The monoisotopic (exact) mass is 417 g/mol. The van der Waals surface area contributed by atoms with Crippen LogP contribution in [0, 0.1) is 11.6 Å². The highest BCUT2D eigenvalue weighted by molar-refractivity contribution is 7.80. The molecule has 29 heavy (non-hydrogen) atoms. The number of hydrogen-bond acceptors (Lipinski definition) is 4. The van der Waals surface area contributed by atoms with Crippen LogP contribution in [-0.2, 0) is 0 Å². The first-order chi connectivity index (χ1) is 14.0. The summed E-state index contributed by atoms with van der Waals surface area (Å²) >= 11 is 5.18. The number of piperazine rings is 1. The lowest BCUT2D eigenvalue weighted by atomic mass is 10.1. The van der Waals surface area contributed by atoms with Gasteiger partial charge in [0.25, 0.3) is 0 Å². The van der Waals surface area contributed by atoms with Crippen LogP contribution in [0.15, 0.2) is 47.6 Å². The minimum Gasteiger partial charge on any atom is -0.367 e. The molecule has 0 amide bonds. The van der Waals surface area contributed by atoms with Crippen LogP contribution >= 0.6 is 12.2 Å². The van der Waals surface area contributed by atoms with Crippen LogP contribution in [0.4, 0.5) is 20.2 Å². The summed E-state index contributed by atoms with van der Waals surface area (Å²) in [7, 11) is 0. The lowest BCUT2D eigenvalue weighted by molar-refractivity contribution is 0.270. The van der Waals surface area contributed by atoms with Crippen molar-refractivity contribution in [3.8, 4) is 0 Å². The Kier molecular flexibility index (Phi) is 7.11. The molecule has 1 heterocycles. The standard InChI is InChI=1S/C21H25F2N5S/c1-3-27-10-12-28(13-11-27)20-9-4-16(14-19(20)23)15(2)25-26-21(29)24-18-7-5-17(22)6-8-18/h4-9,14H,3,10-13H2,1-2H3,(H2,24,26,29)/b25-15-. The van der Waals surface area contributed by atoms with Gasteiger partial charge in [-0.15, -0.1) is 0 Å². The molecular weight excluding hydrogens is 392 g/mol. The topological polar surface area (TPSA) is 42.9 Å². The number of hydrazone groups is 1. The van der Waals surface area contributed by atoms with Crippen LogP contribution in [0.25, 0.3) is 0 Å². The molecule has 3 rings (SSSR count). The van der Waals surface area contributed by atoms with E-state index in [-0.39, 0.29) is 16.7 Å². The molecule has 0 spiro atoms. The van der Waals surface area contributed by atoms with Crippen molar-refractivity contribution in [1.82, 2.24) is 10.3 Å². The van der Waals surface area contributed by atoms with Crippen LogP contribution < -0.4 is 15.6 Å². The molecule has 0 radical (unpaired) electrons. The van der Waals surface area contributed by atoms with Crippen molar-refractivity contribution in [2.45, 2.75) is 13.8 Å². The van der Waals surface area contributed by atoms with Gasteiger partial charge in [0.15, 0.2) is 5.11 Å².